The summed E-state index contributed by atoms with van der Waals surface area (Å²) in [6.45, 7) is 0. The second-order valence-corrected chi connectivity index (χ2v) is 3.54. The summed E-state index contributed by atoms with van der Waals surface area (Å²) in [5.41, 5.74) is -0.982. The highest BCUT2D eigenvalue weighted by atomic mass is 35.5. The van der Waals surface area contributed by atoms with Crippen molar-refractivity contribution >= 4 is 17.8 Å². The molecule has 0 aliphatic heterocycles. The minimum absolute atomic E-state index is 0.00651. The van der Waals surface area contributed by atoms with E-state index in [0.29, 0.717) is 6.20 Å². The Balaban J connectivity index is 3.13. The largest absolute Gasteiger partial charge is 0.417 e. The number of nitrogens with zero attached hydrogens (tertiary/aromatic N) is 3. The van der Waals surface area contributed by atoms with Crippen LogP contribution in [0.5, 0.6) is 0 Å². The summed E-state index contributed by atoms with van der Waals surface area (Å²) in [7, 11) is 1.27. The van der Waals surface area contributed by atoms with Gasteiger partial charge in [0.15, 0.2) is 0 Å². The zero-order valence-electron chi connectivity index (χ0n) is 9.07. The molecular weight excluding hydrogens is 271 g/mol. The fourth-order valence-electron chi connectivity index (χ4n) is 1.12. The van der Waals surface area contributed by atoms with Gasteiger partial charge in [-0.15, -0.1) is 0 Å². The molecule has 96 valence electrons. The Hall–Kier alpha value is -1.81. The number of nitriles is 1. The predicted octanol–water partition coefficient (Wildman–Crippen LogP) is 2.99. The van der Waals surface area contributed by atoms with Crippen LogP contribution in [0.4, 0.5) is 13.2 Å². The zero-order valence-corrected chi connectivity index (χ0v) is 9.83. The van der Waals surface area contributed by atoms with Crippen molar-refractivity contribution in [1.82, 2.24) is 4.98 Å². The van der Waals surface area contributed by atoms with E-state index in [2.05, 4.69) is 15.0 Å². The van der Waals surface area contributed by atoms with E-state index in [0.717, 1.165) is 12.3 Å². The second-order valence-electron chi connectivity index (χ2n) is 3.13. The van der Waals surface area contributed by atoms with Crippen LogP contribution in [0.15, 0.2) is 17.4 Å². The monoisotopic (exact) mass is 277 g/mol. The highest BCUT2D eigenvalue weighted by Crippen LogP contribution is 2.32. The first-order chi connectivity index (χ1) is 8.40. The SMILES string of the molecule is CO/N=C\C(C#N)c1ncc(C(F)(F)F)cc1Cl. The van der Waals surface area contributed by atoms with Crippen LogP contribution in [0.2, 0.25) is 5.02 Å². The summed E-state index contributed by atoms with van der Waals surface area (Å²) in [5.74, 6) is -0.972. The van der Waals surface area contributed by atoms with Crippen LogP contribution in [0, 0.1) is 11.3 Å². The fraction of sp³-hybridized carbons (Fsp3) is 0.300. The third kappa shape index (κ3) is 3.34. The molecule has 0 N–H and O–H groups in total. The molecule has 4 nitrogen and oxygen atoms in total. The van der Waals surface area contributed by atoms with E-state index in [-0.39, 0.29) is 10.7 Å². The second kappa shape index (κ2) is 5.69. The average Bonchev–Trinajstić information content (AvgIpc) is 2.30. The Kier molecular flexibility index (Phi) is 4.50. The highest BCUT2D eigenvalue weighted by molar-refractivity contribution is 6.31. The van der Waals surface area contributed by atoms with Crippen LogP contribution < -0.4 is 0 Å². The third-order valence-electron chi connectivity index (χ3n) is 1.95. The number of alkyl halides is 3. The minimum Gasteiger partial charge on any atom is -0.399 e. The number of rotatable bonds is 3. The van der Waals surface area contributed by atoms with E-state index in [1.165, 1.54) is 7.11 Å². The van der Waals surface area contributed by atoms with Gasteiger partial charge in [-0.1, -0.05) is 16.8 Å². The van der Waals surface area contributed by atoms with Crippen molar-refractivity contribution in [3.05, 3.63) is 28.5 Å². The van der Waals surface area contributed by atoms with Gasteiger partial charge in [-0.2, -0.15) is 18.4 Å². The highest BCUT2D eigenvalue weighted by Gasteiger charge is 2.32. The molecule has 1 atom stereocenters. The molecule has 0 fully saturated rings. The fourth-order valence-corrected chi connectivity index (χ4v) is 1.40. The number of hydrogen-bond acceptors (Lipinski definition) is 4. The number of hydrogen-bond donors (Lipinski definition) is 0. The van der Waals surface area contributed by atoms with Gasteiger partial charge in [0.05, 0.1) is 28.6 Å². The van der Waals surface area contributed by atoms with Gasteiger partial charge in [0.25, 0.3) is 0 Å². The summed E-state index contributed by atoms with van der Waals surface area (Å²) in [4.78, 5) is 7.93. The quantitative estimate of drug-likeness (QED) is 0.630. The minimum atomic E-state index is -4.53. The molecule has 0 spiro atoms. The zero-order chi connectivity index (χ0) is 13.8. The molecule has 0 bridgehead atoms. The lowest BCUT2D eigenvalue weighted by Gasteiger charge is -2.09. The number of halogens is 4. The molecule has 0 aliphatic rings. The Bertz CT molecular complexity index is 496. The summed E-state index contributed by atoms with van der Waals surface area (Å²) in [6, 6.07) is 2.51. The van der Waals surface area contributed by atoms with Gasteiger partial charge >= 0.3 is 6.18 Å². The van der Waals surface area contributed by atoms with Crippen molar-refractivity contribution in [2.24, 2.45) is 5.16 Å². The summed E-state index contributed by atoms with van der Waals surface area (Å²) in [5, 5.41) is 12.0. The molecule has 1 aromatic heterocycles. The molecule has 0 radical (unpaired) electrons. The number of aromatic nitrogens is 1. The van der Waals surface area contributed by atoms with Gasteiger partial charge < -0.3 is 4.84 Å². The molecule has 0 aromatic carbocycles. The summed E-state index contributed by atoms with van der Waals surface area (Å²) >= 11 is 5.67. The standard InChI is InChI=1S/C10H7ClF3N3O/c1-18-17-4-6(3-15)9-8(11)2-7(5-16-9)10(12,13)14/h2,4-6H,1H3/b17-4-. The van der Waals surface area contributed by atoms with E-state index >= 15 is 0 Å². The molecule has 1 heterocycles. The Labute approximate surface area is 106 Å². The first kappa shape index (κ1) is 14.3. The van der Waals surface area contributed by atoms with Gasteiger partial charge in [0, 0.05) is 6.20 Å². The molecule has 18 heavy (non-hydrogen) atoms. The lowest BCUT2D eigenvalue weighted by Crippen LogP contribution is -2.08. The van der Waals surface area contributed by atoms with E-state index in [4.69, 9.17) is 16.9 Å². The van der Waals surface area contributed by atoms with Crippen molar-refractivity contribution in [1.29, 1.82) is 5.26 Å². The maximum atomic E-state index is 12.4. The first-order valence-electron chi connectivity index (χ1n) is 4.59. The molecule has 0 saturated heterocycles. The van der Waals surface area contributed by atoms with Crippen molar-refractivity contribution in [3.63, 3.8) is 0 Å². The van der Waals surface area contributed by atoms with Crippen molar-refractivity contribution in [2.45, 2.75) is 12.1 Å². The molecule has 1 rings (SSSR count). The maximum Gasteiger partial charge on any atom is 0.417 e. The van der Waals surface area contributed by atoms with Crippen LogP contribution in [0.3, 0.4) is 0 Å². The van der Waals surface area contributed by atoms with Crippen LogP contribution in [0.1, 0.15) is 17.2 Å². The van der Waals surface area contributed by atoms with E-state index in [1.54, 1.807) is 6.07 Å². The smallest absolute Gasteiger partial charge is 0.399 e. The predicted molar refractivity (Wildman–Crippen MR) is 58.1 cm³/mol. The Morgan fingerprint density at radius 2 is 2.28 bits per heavy atom. The average molecular weight is 278 g/mol. The molecule has 1 unspecified atom stereocenters. The van der Waals surface area contributed by atoms with E-state index in [9.17, 15) is 13.2 Å². The summed E-state index contributed by atoms with van der Waals surface area (Å²) < 4.78 is 37.1. The molecule has 0 saturated carbocycles. The molecule has 0 amide bonds. The van der Waals surface area contributed by atoms with Crippen LogP contribution in [-0.4, -0.2) is 18.3 Å². The van der Waals surface area contributed by atoms with Crippen molar-refractivity contribution in [3.8, 4) is 6.07 Å². The van der Waals surface area contributed by atoms with Gasteiger partial charge in [0.2, 0.25) is 0 Å². The van der Waals surface area contributed by atoms with Crippen molar-refractivity contribution < 1.29 is 18.0 Å². The van der Waals surface area contributed by atoms with E-state index in [1.807, 2.05) is 0 Å². The molecular formula is C10H7ClF3N3O. The maximum absolute atomic E-state index is 12.4. The molecule has 1 aromatic rings. The summed E-state index contributed by atoms with van der Waals surface area (Å²) in [6.07, 6.45) is -2.81. The van der Waals surface area contributed by atoms with Crippen molar-refractivity contribution in [2.75, 3.05) is 7.11 Å². The van der Waals surface area contributed by atoms with E-state index < -0.39 is 17.7 Å². The number of pyridine rings is 1. The normalized spacial score (nSPS) is 13.3. The van der Waals surface area contributed by atoms with Gasteiger partial charge in [0.1, 0.15) is 13.0 Å². The van der Waals surface area contributed by atoms with Crippen LogP contribution in [-0.2, 0) is 11.0 Å². The van der Waals surface area contributed by atoms with Crippen LogP contribution >= 0.6 is 11.6 Å². The lowest BCUT2D eigenvalue weighted by molar-refractivity contribution is -0.137. The lowest BCUT2D eigenvalue weighted by atomic mass is 10.1. The Morgan fingerprint density at radius 1 is 1.61 bits per heavy atom. The van der Waals surface area contributed by atoms with Gasteiger partial charge in [-0.05, 0) is 6.07 Å². The molecule has 0 aliphatic carbocycles. The molecule has 8 heteroatoms. The third-order valence-corrected chi connectivity index (χ3v) is 2.25. The van der Waals surface area contributed by atoms with Gasteiger partial charge in [-0.25, -0.2) is 0 Å². The topological polar surface area (TPSA) is 58.3 Å². The Morgan fingerprint density at radius 3 is 2.72 bits per heavy atom. The first-order valence-corrected chi connectivity index (χ1v) is 4.97. The number of oxime groups is 1. The van der Waals surface area contributed by atoms with Gasteiger partial charge in [-0.3, -0.25) is 4.98 Å². The van der Waals surface area contributed by atoms with Crippen LogP contribution in [0.25, 0.3) is 0 Å².